The third-order valence-corrected chi connectivity index (χ3v) is 4.21. The normalized spacial score (nSPS) is 38.8. The summed E-state index contributed by atoms with van der Waals surface area (Å²) in [5.74, 6) is -5.64. The average molecular weight is 365 g/mol. The van der Waals surface area contributed by atoms with Crippen LogP contribution in [0.3, 0.4) is 0 Å². The fourth-order valence-electron chi connectivity index (χ4n) is 3.01. The van der Waals surface area contributed by atoms with E-state index in [9.17, 15) is 24.2 Å². The SMILES string of the molecule is COC(=O)[C@@]1(O)OC([C@H](O)[C@H]2COC(C)(C)O2)[C@H](NC(C)=O)CC1F. The molecule has 2 heterocycles. The Morgan fingerprint density at radius 2 is 2.00 bits per heavy atom. The second-order valence-electron chi connectivity index (χ2n) is 6.64. The number of aliphatic hydroxyl groups excluding tert-OH is 1. The predicted molar refractivity (Wildman–Crippen MR) is 79.9 cm³/mol. The van der Waals surface area contributed by atoms with Crippen molar-refractivity contribution in [3.63, 3.8) is 0 Å². The number of methoxy groups -OCH3 is 1. The van der Waals surface area contributed by atoms with Gasteiger partial charge in [0.05, 0.1) is 19.8 Å². The van der Waals surface area contributed by atoms with Gasteiger partial charge in [0, 0.05) is 13.3 Å². The summed E-state index contributed by atoms with van der Waals surface area (Å²) in [5, 5.41) is 23.3. The number of halogens is 1. The number of nitrogens with one attached hydrogen (secondary N) is 1. The largest absolute Gasteiger partial charge is 0.465 e. The van der Waals surface area contributed by atoms with Crippen LogP contribution in [0.4, 0.5) is 4.39 Å². The van der Waals surface area contributed by atoms with Gasteiger partial charge in [0.1, 0.15) is 18.3 Å². The summed E-state index contributed by atoms with van der Waals surface area (Å²) in [6.45, 7) is 4.54. The van der Waals surface area contributed by atoms with Gasteiger partial charge in [-0.1, -0.05) is 0 Å². The van der Waals surface area contributed by atoms with E-state index in [-0.39, 0.29) is 6.61 Å². The van der Waals surface area contributed by atoms with E-state index >= 15 is 0 Å². The number of carbonyl (C=O) groups is 2. The maximum absolute atomic E-state index is 14.3. The Hall–Kier alpha value is -1.33. The van der Waals surface area contributed by atoms with Crippen molar-refractivity contribution in [2.45, 2.75) is 69.3 Å². The maximum atomic E-state index is 14.3. The van der Waals surface area contributed by atoms with Crippen LogP contribution in [0.25, 0.3) is 0 Å². The van der Waals surface area contributed by atoms with Gasteiger partial charge >= 0.3 is 5.97 Å². The first-order valence-electron chi connectivity index (χ1n) is 7.90. The number of ether oxygens (including phenoxy) is 4. The lowest BCUT2D eigenvalue weighted by atomic mass is 9.89. The van der Waals surface area contributed by atoms with Gasteiger partial charge < -0.3 is 34.5 Å². The van der Waals surface area contributed by atoms with Gasteiger partial charge in [-0.2, -0.15) is 0 Å². The van der Waals surface area contributed by atoms with E-state index in [2.05, 4.69) is 10.1 Å². The highest BCUT2D eigenvalue weighted by Gasteiger charge is 2.58. The molecule has 3 N–H and O–H groups in total. The number of carbonyl (C=O) groups excluding carboxylic acids is 2. The molecule has 0 saturated carbocycles. The Labute approximate surface area is 144 Å². The van der Waals surface area contributed by atoms with E-state index in [4.69, 9.17) is 14.2 Å². The topological polar surface area (TPSA) is 124 Å². The summed E-state index contributed by atoms with van der Waals surface area (Å²) in [7, 11) is 0.970. The minimum absolute atomic E-state index is 0.0243. The third kappa shape index (κ3) is 4.09. The van der Waals surface area contributed by atoms with Crippen molar-refractivity contribution in [1.29, 1.82) is 0 Å². The molecule has 0 aromatic carbocycles. The van der Waals surface area contributed by atoms with E-state index in [1.807, 2.05) is 0 Å². The first-order chi connectivity index (χ1) is 11.5. The van der Waals surface area contributed by atoms with Crippen molar-refractivity contribution in [1.82, 2.24) is 5.32 Å². The minimum atomic E-state index is -2.88. The molecule has 0 aromatic heterocycles. The van der Waals surface area contributed by atoms with Crippen molar-refractivity contribution < 1.29 is 43.1 Å². The molecule has 0 spiro atoms. The summed E-state index contributed by atoms with van der Waals surface area (Å²) in [6, 6.07) is -0.986. The molecular formula is C15H24FNO8. The molecule has 10 heteroatoms. The highest BCUT2D eigenvalue weighted by atomic mass is 19.1. The lowest BCUT2D eigenvalue weighted by Gasteiger charge is -2.44. The van der Waals surface area contributed by atoms with Crippen molar-refractivity contribution in [2.24, 2.45) is 0 Å². The summed E-state index contributed by atoms with van der Waals surface area (Å²) in [6.07, 6.45) is -6.18. The highest BCUT2D eigenvalue weighted by molar-refractivity contribution is 5.78. The molecule has 25 heavy (non-hydrogen) atoms. The van der Waals surface area contributed by atoms with Gasteiger partial charge in [-0.25, -0.2) is 9.18 Å². The Kier molecular flexibility index (Phi) is 5.69. The second kappa shape index (κ2) is 7.12. The Balaban J connectivity index is 2.25. The Morgan fingerprint density at radius 1 is 1.36 bits per heavy atom. The number of amides is 1. The van der Waals surface area contributed by atoms with Crippen molar-refractivity contribution in [3.8, 4) is 0 Å². The molecule has 144 valence electrons. The van der Waals surface area contributed by atoms with Crippen molar-refractivity contribution >= 4 is 11.9 Å². The van der Waals surface area contributed by atoms with Gasteiger partial charge in [0.2, 0.25) is 5.91 Å². The molecular weight excluding hydrogens is 341 g/mol. The Bertz CT molecular complexity index is 530. The second-order valence-corrected chi connectivity index (χ2v) is 6.64. The molecule has 2 rings (SSSR count). The number of hydrogen-bond acceptors (Lipinski definition) is 8. The number of rotatable bonds is 4. The van der Waals surface area contributed by atoms with Crippen LogP contribution in [0.5, 0.6) is 0 Å². The average Bonchev–Trinajstić information content (AvgIpc) is 2.88. The van der Waals surface area contributed by atoms with E-state index in [1.165, 1.54) is 6.92 Å². The molecule has 2 saturated heterocycles. The third-order valence-electron chi connectivity index (χ3n) is 4.21. The fraction of sp³-hybridized carbons (Fsp3) is 0.867. The van der Waals surface area contributed by atoms with Crippen molar-refractivity contribution in [2.75, 3.05) is 13.7 Å². The maximum Gasteiger partial charge on any atom is 0.369 e. The van der Waals surface area contributed by atoms with E-state index < -0.39 is 60.4 Å². The molecule has 0 aromatic rings. The summed E-state index contributed by atoms with van der Waals surface area (Å²) in [5.41, 5.74) is 0. The molecule has 2 aliphatic rings. The van der Waals surface area contributed by atoms with Crippen LogP contribution in [0.2, 0.25) is 0 Å². The smallest absolute Gasteiger partial charge is 0.369 e. The van der Waals surface area contributed by atoms with E-state index in [1.54, 1.807) is 13.8 Å². The quantitative estimate of drug-likeness (QED) is 0.542. The first kappa shape index (κ1) is 20.0. The van der Waals surface area contributed by atoms with Crippen LogP contribution >= 0.6 is 0 Å². The summed E-state index contributed by atoms with van der Waals surface area (Å²) in [4.78, 5) is 23.1. The van der Waals surface area contributed by atoms with Crippen molar-refractivity contribution in [3.05, 3.63) is 0 Å². The predicted octanol–water partition coefficient (Wildman–Crippen LogP) is -1.01. The van der Waals surface area contributed by atoms with E-state index in [0.29, 0.717) is 0 Å². The number of hydrogen-bond donors (Lipinski definition) is 3. The van der Waals surface area contributed by atoms with Crippen LogP contribution in [0, 0.1) is 0 Å². The van der Waals surface area contributed by atoms with Gasteiger partial charge in [-0.3, -0.25) is 4.79 Å². The van der Waals surface area contributed by atoms with Crippen LogP contribution < -0.4 is 5.32 Å². The van der Waals surface area contributed by atoms with Crippen LogP contribution in [-0.2, 0) is 28.5 Å². The number of aliphatic hydroxyl groups is 2. The van der Waals surface area contributed by atoms with E-state index in [0.717, 1.165) is 7.11 Å². The minimum Gasteiger partial charge on any atom is -0.465 e. The van der Waals surface area contributed by atoms with Crippen LogP contribution in [0.1, 0.15) is 27.2 Å². The monoisotopic (exact) mass is 365 g/mol. The number of esters is 1. The fourth-order valence-corrected chi connectivity index (χ4v) is 3.01. The standard InChI is InChI=1S/C15H24FNO8/c1-7(18)17-8-5-10(16)15(21,13(20)22-4)25-12(8)11(19)9-6-23-14(2,3)24-9/h8-12,19,21H,5-6H2,1-4H3,(H,17,18)/t8-,9-,10?,11-,12?,15+/m1/s1. The van der Waals surface area contributed by atoms with Crippen LogP contribution in [-0.4, -0.2) is 77.9 Å². The molecule has 2 unspecified atom stereocenters. The van der Waals surface area contributed by atoms with Gasteiger partial charge in [0.15, 0.2) is 12.0 Å². The van der Waals surface area contributed by atoms with Gasteiger partial charge in [-0.15, -0.1) is 0 Å². The summed E-state index contributed by atoms with van der Waals surface area (Å²) < 4.78 is 34.8. The molecule has 0 aliphatic carbocycles. The van der Waals surface area contributed by atoms with Gasteiger partial charge in [0.25, 0.3) is 5.79 Å². The molecule has 6 atom stereocenters. The molecule has 2 aliphatic heterocycles. The van der Waals surface area contributed by atoms with Crippen LogP contribution in [0.15, 0.2) is 0 Å². The zero-order chi connectivity index (χ0) is 19.0. The number of alkyl halides is 1. The summed E-state index contributed by atoms with van der Waals surface area (Å²) >= 11 is 0. The molecule has 9 nitrogen and oxygen atoms in total. The zero-order valence-corrected chi connectivity index (χ0v) is 14.5. The first-order valence-corrected chi connectivity index (χ1v) is 7.90. The highest BCUT2D eigenvalue weighted by Crippen LogP contribution is 2.35. The zero-order valence-electron chi connectivity index (χ0n) is 14.5. The Morgan fingerprint density at radius 3 is 2.48 bits per heavy atom. The van der Waals surface area contributed by atoms with Gasteiger partial charge in [-0.05, 0) is 13.8 Å². The lowest BCUT2D eigenvalue weighted by Crippen LogP contribution is -2.66. The molecule has 1 amide bonds. The molecule has 0 radical (unpaired) electrons. The molecule has 2 fully saturated rings. The molecule has 0 bridgehead atoms. The lowest BCUT2D eigenvalue weighted by molar-refractivity contribution is -0.303.